The summed E-state index contributed by atoms with van der Waals surface area (Å²) in [4.78, 5) is 19.9. The van der Waals surface area contributed by atoms with E-state index in [2.05, 4.69) is 27.7 Å². The van der Waals surface area contributed by atoms with Crippen molar-refractivity contribution in [2.24, 2.45) is 11.8 Å². The molecule has 0 saturated heterocycles. The third-order valence-electron chi connectivity index (χ3n) is 2.82. The monoisotopic (exact) mass is 344 g/mol. The summed E-state index contributed by atoms with van der Waals surface area (Å²) in [7, 11) is 0. The zero-order valence-electron chi connectivity index (χ0n) is 13.8. The second-order valence-electron chi connectivity index (χ2n) is 6.02. The molecule has 0 radical (unpaired) electrons. The van der Waals surface area contributed by atoms with Gasteiger partial charge in [0.2, 0.25) is 0 Å². The van der Waals surface area contributed by atoms with Crippen LogP contribution in [0, 0.1) is 11.8 Å². The first-order chi connectivity index (χ1) is 9.25. The molecule has 5 heteroatoms. The first-order valence-corrected chi connectivity index (χ1v) is 7.65. The van der Waals surface area contributed by atoms with E-state index in [1.807, 2.05) is 0 Å². The van der Waals surface area contributed by atoms with Crippen molar-refractivity contribution in [2.45, 2.75) is 79.1 Å². The van der Waals surface area contributed by atoms with Crippen LogP contribution in [0.25, 0.3) is 0 Å². The number of aliphatic carboxylic acids is 2. The Balaban J connectivity index is -0.000000295. The van der Waals surface area contributed by atoms with Crippen molar-refractivity contribution in [1.29, 1.82) is 0 Å². The van der Waals surface area contributed by atoms with E-state index in [1.54, 1.807) is 0 Å². The first-order valence-electron chi connectivity index (χ1n) is 7.65. The van der Waals surface area contributed by atoms with E-state index in [4.69, 9.17) is 0 Å². The Hall–Kier alpha value is -0.566. The molecular weight excluding hydrogens is 315 g/mol. The Morgan fingerprint density at radius 3 is 1.19 bits per heavy atom. The minimum Gasteiger partial charge on any atom is -0.550 e. The Morgan fingerprint density at radius 1 is 0.714 bits per heavy atom. The van der Waals surface area contributed by atoms with Crippen molar-refractivity contribution in [2.75, 3.05) is 0 Å². The molecule has 0 aromatic heterocycles. The van der Waals surface area contributed by atoms with Gasteiger partial charge in [0.15, 0.2) is 0 Å². The van der Waals surface area contributed by atoms with Crippen LogP contribution in [0.1, 0.15) is 79.1 Å². The maximum absolute atomic E-state index is 9.93. The number of carbonyl (C=O) groups is 2. The maximum atomic E-state index is 9.93. The third-order valence-corrected chi connectivity index (χ3v) is 2.82. The van der Waals surface area contributed by atoms with E-state index in [-0.39, 0.29) is 29.3 Å². The van der Waals surface area contributed by atoms with E-state index < -0.39 is 11.9 Å². The number of carboxylic acids is 2. The second kappa shape index (κ2) is 17.5. The van der Waals surface area contributed by atoms with Gasteiger partial charge in [0.1, 0.15) is 0 Å². The normalized spacial score (nSPS) is 9.81. The molecule has 0 rings (SSSR count). The van der Waals surface area contributed by atoms with Crippen LogP contribution in [0.5, 0.6) is 0 Å². The van der Waals surface area contributed by atoms with Crippen molar-refractivity contribution in [3.05, 3.63) is 0 Å². The predicted molar refractivity (Wildman–Crippen MR) is 76.6 cm³/mol. The topological polar surface area (TPSA) is 80.3 Å². The molecule has 128 valence electrons. The van der Waals surface area contributed by atoms with E-state index in [0.29, 0.717) is 11.8 Å². The first kappa shape index (κ1) is 25.4. The van der Waals surface area contributed by atoms with E-state index in [1.165, 1.54) is 0 Å². The molecule has 21 heavy (non-hydrogen) atoms. The number of hydrogen-bond donors (Lipinski definition) is 0. The smallest absolute Gasteiger partial charge is 0.550 e. The standard InChI is InChI=1S/2C8H16O2.Ni/c2*1-7(2)5-3-4-6-8(9)10;/h2*7H,3-6H2,1-2H3,(H,9,10);/q;;+2/p-2. The number of hydrogen-bond acceptors (Lipinski definition) is 4. The van der Waals surface area contributed by atoms with Gasteiger partial charge in [-0.15, -0.1) is 0 Å². The molecule has 0 amide bonds. The second-order valence-corrected chi connectivity index (χ2v) is 6.02. The number of carbonyl (C=O) groups excluding carboxylic acids is 2. The van der Waals surface area contributed by atoms with Crippen LogP contribution >= 0.6 is 0 Å². The van der Waals surface area contributed by atoms with E-state index in [0.717, 1.165) is 38.5 Å². The van der Waals surface area contributed by atoms with Crippen LogP contribution in [-0.4, -0.2) is 11.9 Å². The molecule has 0 fully saturated rings. The summed E-state index contributed by atoms with van der Waals surface area (Å²) in [6.07, 6.45) is 6.21. The summed E-state index contributed by atoms with van der Waals surface area (Å²) in [5, 5.41) is 19.9. The van der Waals surface area contributed by atoms with Gasteiger partial charge < -0.3 is 19.8 Å². The minimum absolute atomic E-state index is 0. The van der Waals surface area contributed by atoms with Crippen LogP contribution < -0.4 is 10.2 Å². The van der Waals surface area contributed by atoms with Crippen molar-refractivity contribution >= 4 is 11.9 Å². The summed E-state index contributed by atoms with van der Waals surface area (Å²) >= 11 is 0. The Kier molecular flexibility index (Phi) is 21.1. The molecule has 0 saturated carbocycles. The van der Waals surface area contributed by atoms with Crippen molar-refractivity contribution in [1.82, 2.24) is 0 Å². The van der Waals surface area contributed by atoms with E-state index >= 15 is 0 Å². The van der Waals surface area contributed by atoms with Crippen LogP contribution in [0.3, 0.4) is 0 Å². The molecule has 0 aliphatic rings. The van der Waals surface area contributed by atoms with Gasteiger partial charge in [-0.2, -0.15) is 0 Å². The molecule has 0 aliphatic heterocycles. The third kappa shape index (κ3) is 32.7. The summed E-state index contributed by atoms with van der Waals surface area (Å²) in [6, 6.07) is 0. The summed E-state index contributed by atoms with van der Waals surface area (Å²) in [5.41, 5.74) is 0. The summed E-state index contributed by atoms with van der Waals surface area (Å²) in [6.45, 7) is 8.55. The molecule has 0 aromatic carbocycles. The van der Waals surface area contributed by atoms with Crippen LogP contribution in [0.4, 0.5) is 0 Å². The largest absolute Gasteiger partial charge is 2.00 e. The van der Waals surface area contributed by atoms with Crippen LogP contribution in [0.15, 0.2) is 0 Å². The number of carboxylic acid groups (broad SMARTS) is 2. The molecule has 0 spiro atoms. The summed E-state index contributed by atoms with van der Waals surface area (Å²) < 4.78 is 0. The number of unbranched alkanes of at least 4 members (excludes halogenated alkanes) is 2. The van der Waals surface area contributed by atoms with Crippen molar-refractivity contribution < 1.29 is 36.3 Å². The van der Waals surface area contributed by atoms with Crippen LogP contribution in [0.2, 0.25) is 0 Å². The van der Waals surface area contributed by atoms with Gasteiger partial charge in [0.05, 0.1) is 0 Å². The van der Waals surface area contributed by atoms with Gasteiger partial charge >= 0.3 is 16.5 Å². The van der Waals surface area contributed by atoms with Crippen LogP contribution in [-0.2, 0) is 26.1 Å². The predicted octanol–water partition coefficient (Wildman–Crippen LogP) is 1.90. The minimum atomic E-state index is -0.927. The zero-order chi connectivity index (χ0) is 16.0. The molecule has 0 atom stereocenters. The molecule has 0 N–H and O–H groups in total. The van der Waals surface area contributed by atoms with Gasteiger partial charge in [-0.1, -0.05) is 53.4 Å². The van der Waals surface area contributed by atoms with Gasteiger partial charge in [0, 0.05) is 11.9 Å². The average molecular weight is 345 g/mol. The fourth-order valence-corrected chi connectivity index (χ4v) is 1.64. The maximum Gasteiger partial charge on any atom is 2.00 e. The molecule has 0 aliphatic carbocycles. The number of rotatable bonds is 10. The quantitative estimate of drug-likeness (QED) is 0.447. The molecular formula is C16H30NiO4. The molecule has 0 aromatic rings. The summed E-state index contributed by atoms with van der Waals surface area (Å²) in [5.74, 6) is -0.490. The average Bonchev–Trinajstić information content (AvgIpc) is 2.30. The Morgan fingerprint density at radius 2 is 1.00 bits per heavy atom. The molecule has 0 bridgehead atoms. The fraction of sp³-hybridized carbons (Fsp3) is 0.875. The SMILES string of the molecule is CC(C)CCCCC(=O)[O-].CC(C)CCCCC(=O)[O-].[Ni+2]. The van der Waals surface area contributed by atoms with Crippen molar-refractivity contribution in [3.8, 4) is 0 Å². The van der Waals surface area contributed by atoms with Gasteiger partial charge in [0.25, 0.3) is 0 Å². The fourth-order valence-electron chi connectivity index (χ4n) is 1.64. The van der Waals surface area contributed by atoms with Crippen molar-refractivity contribution in [3.63, 3.8) is 0 Å². The van der Waals surface area contributed by atoms with Gasteiger partial charge in [-0.3, -0.25) is 0 Å². The molecule has 4 nitrogen and oxygen atoms in total. The zero-order valence-corrected chi connectivity index (χ0v) is 14.7. The Labute approximate surface area is 139 Å². The van der Waals surface area contributed by atoms with Gasteiger partial charge in [-0.05, 0) is 37.5 Å². The molecule has 0 unspecified atom stereocenters. The Bertz CT molecular complexity index is 227. The molecule has 0 heterocycles. The van der Waals surface area contributed by atoms with E-state index in [9.17, 15) is 19.8 Å². The van der Waals surface area contributed by atoms with Gasteiger partial charge in [-0.25, -0.2) is 0 Å².